The van der Waals surface area contributed by atoms with Gasteiger partial charge in [-0.15, -0.1) is 0 Å². The molecule has 0 aromatic heterocycles. The van der Waals surface area contributed by atoms with Crippen molar-refractivity contribution in [3.05, 3.63) is 57.4 Å². The zero-order chi connectivity index (χ0) is 14.0. The summed E-state index contributed by atoms with van der Waals surface area (Å²) in [4.78, 5) is 10.5. The first-order chi connectivity index (χ1) is 9.04. The summed E-state index contributed by atoms with van der Waals surface area (Å²) in [5.41, 5.74) is 0.332. The minimum atomic E-state index is -0.621. The van der Waals surface area contributed by atoms with E-state index in [4.69, 9.17) is 16.3 Å². The van der Waals surface area contributed by atoms with Gasteiger partial charge in [-0.25, -0.2) is 4.39 Å². The van der Waals surface area contributed by atoms with Crippen LogP contribution in [0.1, 0.15) is 0 Å². The number of rotatable bonds is 3. The lowest BCUT2D eigenvalue weighted by molar-refractivity contribution is -0.384. The van der Waals surface area contributed by atoms with Crippen LogP contribution in [0.25, 0.3) is 11.1 Å². The lowest BCUT2D eigenvalue weighted by Gasteiger charge is -2.07. The van der Waals surface area contributed by atoms with Crippen LogP contribution in [0.4, 0.5) is 10.1 Å². The fourth-order valence-electron chi connectivity index (χ4n) is 1.73. The van der Waals surface area contributed by atoms with Crippen LogP contribution in [-0.2, 0) is 0 Å². The number of nitrogens with zero attached hydrogens (tertiary/aromatic N) is 1. The summed E-state index contributed by atoms with van der Waals surface area (Å²) >= 11 is 5.85. The molecule has 0 spiro atoms. The monoisotopic (exact) mass is 281 g/mol. The van der Waals surface area contributed by atoms with E-state index in [1.54, 1.807) is 6.07 Å². The number of benzene rings is 2. The van der Waals surface area contributed by atoms with E-state index in [0.717, 1.165) is 0 Å². The zero-order valence-electron chi connectivity index (χ0n) is 9.89. The summed E-state index contributed by atoms with van der Waals surface area (Å²) in [5.74, 6) is -0.271. The fourth-order valence-corrected chi connectivity index (χ4v) is 1.96. The maximum Gasteiger partial charge on any atom is 0.280 e. The molecule has 19 heavy (non-hydrogen) atoms. The number of ether oxygens (including phenoxy) is 1. The van der Waals surface area contributed by atoms with E-state index in [1.165, 1.54) is 37.4 Å². The third-order valence-corrected chi connectivity index (χ3v) is 3.03. The quantitative estimate of drug-likeness (QED) is 0.629. The molecule has 0 saturated carbocycles. The van der Waals surface area contributed by atoms with Crippen molar-refractivity contribution in [3.63, 3.8) is 0 Å². The largest absolute Gasteiger partial charge is 0.497 e. The molecule has 4 nitrogen and oxygen atoms in total. The van der Waals surface area contributed by atoms with E-state index < -0.39 is 10.7 Å². The van der Waals surface area contributed by atoms with Gasteiger partial charge in [-0.2, -0.15) is 0 Å². The second kappa shape index (κ2) is 5.24. The Labute approximate surface area is 113 Å². The Balaban J connectivity index is 2.68. The number of hydrogen-bond acceptors (Lipinski definition) is 3. The predicted molar refractivity (Wildman–Crippen MR) is 70.1 cm³/mol. The van der Waals surface area contributed by atoms with Crippen LogP contribution < -0.4 is 4.74 Å². The Hall–Kier alpha value is -2.14. The summed E-state index contributed by atoms with van der Waals surface area (Å²) in [5, 5.41) is 10.9. The van der Waals surface area contributed by atoms with E-state index in [-0.39, 0.29) is 21.8 Å². The molecule has 2 rings (SSSR count). The number of nitro benzene ring substituents is 1. The molecule has 0 aliphatic carbocycles. The van der Waals surface area contributed by atoms with Gasteiger partial charge in [-0.3, -0.25) is 10.1 Å². The lowest BCUT2D eigenvalue weighted by atomic mass is 10.0. The van der Waals surface area contributed by atoms with Gasteiger partial charge in [-0.1, -0.05) is 23.7 Å². The van der Waals surface area contributed by atoms with Crippen LogP contribution in [0.15, 0.2) is 36.4 Å². The van der Waals surface area contributed by atoms with E-state index in [0.29, 0.717) is 5.75 Å². The number of nitro groups is 1. The van der Waals surface area contributed by atoms with Crippen molar-refractivity contribution >= 4 is 17.3 Å². The van der Waals surface area contributed by atoms with Crippen molar-refractivity contribution in [2.24, 2.45) is 0 Å². The van der Waals surface area contributed by atoms with Gasteiger partial charge >= 0.3 is 0 Å². The van der Waals surface area contributed by atoms with Gasteiger partial charge in [0.25, 0.3) is 5.69 Å². The Morgan fingerprint density at radius 3 is 2.63 bits per heavy atom. The van der Waals surface area contributed by atoms with Gasteiger partial charge in [0, 0.05) is 5.56 Å². The van der Waals surface area contributed by atoms with Crippen molar-refractivity contribution in [1.82, 2.24) is 0 Å². The Kier molecular flexibility index (Phi) is 3.66. The predicted octanol–water partition coefficient (Wildman–Crippen LogP) is 4.06. The molecule has 6 heteroatoms. The molecule has 2 aromatic carbocycles. The Bertz CT molecular complexity index is 646. The first kappa shape index (κ1) is 13.3. The third-order valence-electron chi connectivity index (χ3n) is 2.64. The molecule has 98 valence electrons. The van der Waals surface area contributed by atoms with E-state index >= 15 is 0 Å². The fraction of sp³-hybridized carbons (Fsp3) is 0.0769. The highest BCUT2D eigenvalue weighted by atomic mass is 35.5. The summed E-state index contributed by atoms with van der Waals surface area (Å²) < 4.78 is 18.4. The highest BCUT2D eigenvalue weighted by Crippen LogP contribution is 2.37. The molecule has 0 bridgehead atoms. The maximum atomic E-state index is 13.4. The molecule has 0 N–H and O–H groups in total. The second-order valence-corrected chi connectivity index (χ2v) is 4.12. The number of hydrogen-bond donors (Lipinski definition) is 0. The van der Waals surface area contributed by atoms with Gasteiger partial charge in [0.05, 0.1) is 28.7 Å². The van der Waals surface area contributed by atoms with Gasteiger partial charge in [0.1, 0.15) is 11.6 Å². The minimum Gasteiger partial charge on any atom is -0.497 e. The number of halogens is 2. The highest BCUT2D eigenvalue weighted by molar-refractivity contribution is 6.33. The molecule has 0 aliphatic rings. The molecule has 0 amide bonds. The average molecular weight is 282 g/mol. The van der Waals surface area contributed by atoms with Crippen molar-refractivity contribution < 1.29 is 14.1 Å². The first-order valence-corrected chi connectivity index (χ1v) is 5.69. The molecule has 0 fully saturated rings. The smallest absolute Gasteiger partial charge is 0.280 e. The third kappa shape index (κ3) is 2.51. The van der Waals surface area contributed by atoms with Crippen LogP contribution >= 0.6 is 11.6 Å². The van der Waals surface area contributed by atoms with Gasteiger partial charge in [-0.05, 0) is 18.2 Å². The van der Waals surface area contributed by atoms with Gasteiger partial charge in [0.2, 0.25) is 0 Å². The summed E-state index contributed by atoms with van der Waals surface area (Å²) in [6, 6.07) is 8.49. The number of methoxy groups -OCH3 is 1. The Morgan fingerprint density at radius 2 is 2.00 bits per heavy atom. The van der Waals surface area contributed by atoms with E-state index in [9.17, 15) is 14.5 Å². The van der Waals surface area contributed by atoms with Gasteiger partial charge in [0.15, 0.2) is 0 Å². The normalized spacial score (nSPS) is 10.3. The molecule has 0 aliphatic heterocycles. The summed E-state index contributed by atoms with van der Waals surface area (Å²) in [6.07, 6.45) is 0. The average Bonchev–Trinajstić information content (AvgIpc) is 2.41. The Morgan fingerprint density at radius 1 is 1.26 bits per heavy atom. The van der Waals surface area contributed by atoms with Crippen LogP contribution in [0.3, 0.4) is 0 Å². The highest BCUT2D eigenvalue weighted by Gasteiger charge is 2.19. The van der Waals surface area contributed by atoms with Crippen molar-refractivity contribution in [3.8, 4) is 16.9 Å². The first-order valence-electron chi connectivity index (χ1n) is 5.31. The van der Waals surface area contributed by atoms with Crippen LogP contribution in [0.2, 0.25) is 5.02 Å². The molecule has 0 saturated heterocycles. The van der Waals surface area contributed by atoms with Crippen molar-refractivity contribution in [2.75, 3.05) is 7.11 Å². The van der Waals surface area contributed by atoms with Crippen LogP contribution in [-0.4, -0.2) is 12.0 Å². The summed E-state index contributed by atoms with van der Waals surface area (Å²) in [6.45, 7) is 0. The molecular weight excluding hydrogens is 273 g/mol. The molecule has 0 radical (unpaired) electrons. The SMILES string of the molecule is COc1ccc(-c2cccc(F)c2Cl)c([N+](=O)[O-])c1. The molecule has 0 heterocycles. The van der Waals surface area contributed by atoms with E-state index in [2.05, 4.69) is 0 Å². The zero-order valence-corrected chi connectivity index (χ0v) is 10.6. The molecule has 0 unspecified atom stereocenters. The van der Waals surface area contributed by atoms with Crippen LogP contribution in [0, 0.1) is 15.9 Å². The lowest BCUT2D eigenvalue weighted by Crippen LogP contribution is -1.94. The topological polar surface area (TPSA) is 52.4 Å². The standard InChI is InChI=1S/C13H9ClFNO3/c1-19-8-5-6-9(12(7-8)16(17)18)10-3-2-4-11(15)13(10)14/h2-7H,1H3. The molecule has 0 atom stereocenters. The van der Waals surface area contributed by atoms with Crippen molar-refractivity contribution in [1.29, 1.82) is 0 Å². The second-order valence-electron chi connectivity index (χ2n) is 3.74. The van der Waals surface area contributed by atoms with E-state index in [1.807, 2.05) is 0 Å². The van der Waals surface area contributed by atoms with Crippen LogP contribution in [0.5, 0.6) is 5.75 Å². The maximum absolute atomic E-state index is 13.4. The van der Waals surface area contributed by atoms with Crippen molar-refractivity contribution in [2.45, 2.75) is 0 Å². The molecular formula is C13H9ClFNO3. The summed E-state index contributed by atoms with van der Waals surface area (Å²) in [7, 11) is 1.41. The minimum absolute atomic E-state index is 0.143. The molecule has 2 aromatic rings. The van der Waals surface area contributed by atoms with Gasteiger partial charge < -0.3 is 4.74 Å².